The van der Waals surface area contributed by atoms with Gasteiger partial charge in [-0.3, -0.25) is 4.90 Å². The van der Waals surface area contributed by atoms with Crippen molar-refractivity contribution >= 4 is 11.8 Å². The molecule has 1 rings (SSSR count). The fourth-order valence-electron chi connectivity index (χ4n) is 1.82. The van der Waals surface area contributed by atoms with Gasteiger partial charge in [0.15, 0.2) is 0 Å². The Morgan fingerprint density at radius 2 is 2.14 bits per heavy atom. The van der Waals surface area contributed by atoms with E-state index in [2.05, 4.69) is 18.4 Å². The van der Waals surface area contributed by atoms with Crippen LogP contribution >= 0.6 is 11.8 Å². The van der Waals surface area contributed by atoms with Gasteiger partial charge in [0, 0.05) is 30.6 Å². The monoisotopic (exact) mass is 215 g/mol. The summed E-state index contributed by atoms with van der Waals surface area (Å²) >= 11 is 2.00. The molecule has 3 heteroatoms. The van der Waals surface area contributed by atoms with Crippen molar-refractivity contribution in [3.05, 3.63) is 12.7 Å². The minimum absolute atomic E-state index is 0.224. The van der Waals surface area contributed by atoms with Crippen molar-refractivity contribution in [3.63, 3.8) is 0 Å². The molecule has 1 aliphatic heterocycles. The van der Waals surface area contributed by atoms with Crippen molar-refractivity contribution < 1.29 is 5.11 Å². The van der Waals surface area contributed by atoms with Gasteiger partial charge in [0.25, 0.3) is 0 Å². The van der Waals surface area contributed by atoms with Crippen molar-refractivity contribution in [3.8, 4) is 0 Å². The lowest BCUT2D eigenvalue weighted by Crippen LogP contribution is -2.51. The van der Waals surface area contributed by atoms with E-state index in [1.54, 1.807) is 6.08 Å². The second-order valence-corrected chi connectivity index (χ2v) is 5.40. The third-order valence-corrected chi connectivity index (χ3v) is 3.99. The van der Waals surface area contributed by atoms with E-state index in [1.807, 2.05) is 18.7 Å². The SMILES string of the molecule is C=CC[C@](C)(O)[C@@H](C)N1CCSCC1. The highest BCUT2D eigenvalue weighted by atomic mass is 32.2. The summed E-state index contributed by atoms with van der Waals surface area (Å²) in [6.45, 7) is 9.90. The molecule has 0 spiro atoms. The molecule has 0 unspecified atom stereocenters. The molecule has 1 heterocycles. The van der Waals surface area contributed by atoms with Crippen LogP contribution in [-0.4, -0.2) is 46.2 Å². The predicted octanol–water partition coefficient (Wildman–Crippen LogP) is 1.75. The first-order valence-electron chi connectivity index (χ1n) is 5.23. The van der Waals surface area contributed by atoms with Gasteiger partial charge in [0.2, 0.25) is 0 Å². The Balaban J connectivity index is 2.52. The van der Waals surface area contributed by atoms with Crippen molar-refractivity contribution in [2.24, 2.45) is 0 Å². The van der Waals surface area contributed by atoms with E-state index in [9.17, 15) is 5.11 Å². The third-order valence-electron chi connectivity index (χ3n) is 3.05. The Morgan fingerprint density at radius 1 is 1.57 bits per heavy atom. The van der Waals surface area contributed by atoms with Crippen molar-refractivity contribution in [1.29, 1.82) is 0 Å². The van der Waals surface area contributed by atoms with Gasteiger partial charge >= 0.3 is 0 Å². The summed E-state index contributed by atoms with van der Waals surface area (Å²) in [4.78, 5) is 2.38. The zero-order valence-corrected chi connectivity index (χ0v) is 10.0. The Labute approximate surface area is 91.4 Å². The molecule has 1 N–H and O–H groups in total. The van der Waals surface area contributed by atoms with Crippen LogP contribution in [0.2, 0.25) is 0 Å². The van der Waals surface area contributed by atoms with Gasteiger partial charge in [0.1, 0.15) is 0 Å². The Kier molecular flexibility index (Phi) is 4.48. The van der Waals surface area contributed by atoms with Crippen LogP contribution in [0.15, 0.2) is 12.7 Å². The first-order valence-corrected chi connectivity index (χ1v) is 6.38. The standard InChI is InChI=1S/C11H21NOS/c1-4-5-11(3,13)10(2)12-6-8-14-9-7-12/h4,10,13H,1,5-9H2,2-3H3/t10-,11+/m1/s1. The highest BCUT2D eigenvalue weighted by Gasteiger charge is 2.32. The number of hydrogen-bond acceptors (Lipinski definition) is 3. The molecule has 1 fully saturated rings. The van der Waals surface area contributed by atoms with Crippen LogP contribution in [0.4, 0.5) is 0 Å². The predicted molar refractivity (Wildman–Crippen MR) is 63.8 cm³/mol. The lowest BCUT2D eigenvalue weighted by molar-refractivity contribution is -0.0209. The molecule has 0 saturated carbocycles. The normalized spacial score (nSPS) is 25.4. The molecule has 0 amide bonds. The summed E-state index contributed by atoms with van der Waals surface area (Å²) in [6, 6.07) is 0.224. The van der Waals surface area contributed by atoms with Crippen molar-refractivity contribution in [2.45, 2.75) is 31.9 Å². The smallest absolute Gasteiger partial charge is 0.0805 e. The molecule has 2 atom stereocenters. The van der Waals surface area contributed by atoms with Crippen LogP contribution in [0.25, 0.3) is 0 Å². The number of aliphatic hydroxyl groups is 1. The van der Waals surface area contributed by atoms with E-state index in [4.69, 9.17) is 0 Å². The minimum Gasteiger partial charge on any atom is -0.388 e. The van der Waals surface area contributed by atoms with Crippen LogP contribution in [0, 0.1) is 0 Å². The molecule has 1 saturated heterocycles. The van der Waals surface area contributed by atoms with Gasteiger partial charge < -0.3 is 5.11 Å². The quantitative estimate of drug-likeness (QED) is 0.723. The van der Waals surface area contributed by atoms with Gasteiger partial charge in [-0.1, -0.05) is 6.08 Å². The van der Waals surface area contributed by atoms with E-state index in [0.29, 0.717) is 6.42 Å². The first-order chi connectivity index (χ1) is 6.58. The number of rotatable bonds is 4. The third kappa shape index (κ3) is 3.01. The molecule has 0 bridgehead atoms. The average molecular weight is 215 g/mol. The summed E-state index contributed by atoms with van der Waals surface area (Å²) in [6.07, 6.45) is 2.47. The molecule has 0 aromatic rings. The first kappa shape index (κ1) is 12.1. The van der Waals surface area contributed by atoms with Gasteiger partial charge in [-0.25, -0.2) is 0 Å². The van der Waals surface area contributed by atoms with Crippen LogP contribution in [0.3, 0.4) is 0 Å². The molecule has 0 aliphatic carbocycles. The molecule has 0 radical (unpaired) electrons. The van der Waals surface area contributed by atoms with Crippen LogP contribution in [0.5, 0.6) is 0 Å². The maximum absolute atomic E-state index is 10.2. The lowest BCUT2D eigenvalue weighted by Gasteiger charge is -2.40. The molecule has 0 aromatic carbocycles. The Bertz CT molecular complexity index is 188. The number of nitrogens with zero attached hydrogens (tertiary/aromatic N) is 1. The van der Waals surface area contributed by atoms with Gasteiger partial charge in [-0.15, -0.1) is 6.58 Å². The second kappa shape index (κ2) is 5.19. The maximum atomic E-state index is 10.2. The topological polar surface area (TPSA) is 23.5 Å². The van der Waals surface area contributed by atoms with Crippen LogP contribution < -0.4 is 0 Å². The highest BCUT2D eigenvalue weighted by Crippen LogP contribution is 2.22. The van der Waals surface area contributed by atoms with Crippen molar-refractivity contribution in [1.82, 2.24) is 4.90 Å². The molecular weight excluding hydrogens is 194 g/mol. The van der Waals surface area contributed by atoms with E-state index in [-0.39, 0.29) is 6.04 Å². The summed E-state index contributed by atoms with van der Waals surface area (Å²) in [5.41, 5.74) is -0.635. The molecular formula is C11H21NOS. The largest absolute Gasteiger partial charge is 0.388 e. The van der Waals surface area contributed by atoms with Gasteiger partial charge in [0.05, 0.1) is 5.60 Å². The number of thioether (sulfide) groups is 1. The van der Waals surface area contributed by atoms with Crippen molar-refractivity contribution in [2.75, 3.05) is 24.6 Å². The zero-order chi connectivity index (χ0) is 10.6. The average Bonchev–Trinajstić information content (AvgIpc) is 2.18. The maximum Gasteiger partial charge on any atom is 0.0805 e. The van der Waals surface area contributed by atoms with E-state index in [1.165, 1.54) is 11.5 Å². The fraction of sp³-hybridized carbons (Fsp3) is 0.818. The van der Waals surface area contributed by atoms with Gasteiger partial charge in [-0.2, -0.15) is 11.8 Å². The molecule has 1 aliphatic rings. The summed E-state index contributed by atoms with van der Waals surface area (Å²) < 4.78 is 0. The summed E-state index contributed by atoms with van der Waals surface area (Å²) in [5.74, 6) is 2.38. The van der Waals surface area contributed by atoms with Crippen LogP contribution in [0.1, 0.15) is 20.3 Å². The molecule has 14 heavy (non-hydrogen) atoms. The molecule has 82 valence electrons. The van der Waals surface area contributed by atoms with E-state index < -0.39 is 5.60 Å². The lowest BCUT2D eigenvalue weighted by atomic mass is 9.92. The highest BCUT2D eigenvalue weighted by molar-refractivity contribution is 7.99. The zero-order valence-electron chi connectivity index (χ0n) is 9.20. The Morgan fingerprint density at radius 3 is 2.64 bits per heavy atom. The number of hydrogen-bond donors (Lipinski definition) is 1. The molecule has 2 nitrogen and oxygen atoms in total. The minimum atomic E-state index is -0.635. The second-order valence-electron chi connectivity index (χ2n) is 4.17. The molecule has 0 aromatic heterocycles. The van der Waals surface area contributed by atoms with Crippen LogP contribution in [-0.2, 0) is 0 Å². The van der Waals surface area contributed by atoms with E-state index >= 15 is 0 Å². The van der Waals surface area contributed by atoms with Gasteiger partial charge in [-0.05, 0) is 20.3 Å². The fourth-order valence-corrected chi connectivity index (χ4v) is 2.75. The Hall–Kier alpha value is 0.0100. The summed E-state index contributed by atoms with van der Waals surface area (Å²) in [5, 5.41) is 10.2. The van der Waals surface area contributed by atoms with E-state index in [0.717, 1.165) is 13.1 Å². The summed E-state index contributed by atoms with van der Waals surface area (Å²) in [7, 11) is 0.